The molecule has 0 bridgehead atoms. The van der Waals surface area contributed by atoms with E-state index >= 15 is 0 Å². The van der Waals surface area contributed by atoms with E-state index in [1.54, 1.807) is 11.3 Å². The normalized spacial score (nSPS) is 12.6. The van der Waals surface area contributed by atoms with Gasteiger partial charge in [0.05, 0.1) is 3.79 Å². The second-order valence-corrected chi connectivity index (χ2v) is 7.25. The van der Waals surface area contributed by atoms with Crippen LogP contribution < -0.4 is 5.32 Å². The summed E-state index contributed by atoms with van der Waals surface area (Å²) in [4.78, 5) is 5.85. The number of rotatable bonds is 5. The van der Waals surface area contributed by atoms with Crippen LogP contribution >= 0.6 is 27.3 Å². The van der Waals surface area contributed by atoms with E-state index in [0.29, 0.717) is 6.04 Å². The molecule has 19 heavy (non-hydrogen) atoms. The van der Waals surface area contributed by atoms with Gasteiger partial charge in [0.25, 0.3) is 0 Å². The molecular weight excluding hydrogens is 320 g/mol. The molecule has 1 N–H and O–H groups in total. The van der Waals surface area contributed by atoms with E-state index in [-0.39, 0.29) is 0 Å². The lowest BCUT2D eigenvalue weighted by Gasteiger charge is -2.18. The number of hydrogen-bond donors (Lipinski definition) is 1. The van der Waals surface area contributed by atoms with Crippen molar-refractivity contribution < 1.29 is 0 Å². The quantitative estimate of drug-likeness (QED) is 0.872. The molecule has 0 radical (unpaired) electrons. The van der Waals surface area contributed by atoms with Crippen LogP contribution in [0.5, 0.6) is 0 Å². The van der Waals surface area contributed by atoms with Gasteiger partial charge in [0.15, 0.2) is 0 Å². The molecule has 0 spiro atoms. The van der Waals surface area contributed by atoms with Crippen LogP contribution in [-0.4, -0.2) is 11.5 Å². The number of thiophene rings is 1. The number of nitrogens with zero attached hydrogens (tertiary/aromatic N) is 1. The van der Waals surface area contributed by atoms with Gasteiger partial charge in [-0.2, -0.15) is 0 Å². The number of aromatic nitrogens is 1. The molecule has 0 aromatic carbocycles. The first-order valence-corrected chi connectivity index (χ1v) is 8.12. The minimum Gasteiger partial charge on any atom is -0.310 e. The van der Waals surface area contributed by atoms with Crippen molar-refractivity contribution in [2.75, 3.05) is 6.54 Å². The van der Waals surface area contributed by atoms with E-state index in [9.17, 15) is 0 Å². The number of hydrogen-bond acceptors (Lipinski definition) is 3. The zero-order valence-electron chi connectivity index (χ0n) is 11.5. The summed E-state index contributed by atoms with van der Waals surface area (Å²) >= 11 is 5.33. The van der Waals surface area contributed by atoms with Crippen molar-refractivity contribution in [2.45, 2.75) is 33.2 Å². The summed E-state index contributed by atoms with van der Waals surface area (Å²) in [5, 5.41) is 3.57. The highest BCUT2D eigenvalue weighted by molar-refractivity contribution is 9.11. The molecule has 0 fully saturated rings. The van der Waals surface area contributed by atoms with Gasteiger partial charge in [0.1, 0.15) is 0 Å². The number of likely N-dealkylation sites (N-methyl/N-ethyl adjacent to an activating group) is 1. The van der Waals surface area contributed by atoms with Crippen molar-refractivity contribution >= 4 is 27.3 Å². The molecular formula is C15H19BrN2S. The first kappa shape index (κ1) is 14.7. The van der Waals surface area contributed by atoms with Crippen molar-refractivity contribution in [3.63, 3.8) is 0 Å². The Kier molecular flexibility index (Phi) is 5.13. The van der Waals surface area contributed by atoms with Crippen LogP contribution in [-0.2, 0) is 6.42 Å². The van der Waals surface area contributed by atoms with Crippen LogP contribution in [0.2, 0.25) is 0 Å². The molecule has 0 aliphatic heterocycles. The summed E-state index contributed by atoms with van der Waals surface area (Å²) in [5.41, 5.74) is 3.51. The van der Waals surface area contributed by atoms with Gasteiger partial charge in [-0.3, -0.25) is 4.98 Å². The Bertz CT molecular complexity index is 531. The number of nitrogens with one attached hydrogen (secondary N) is 1. The standard InChI is InChI=1S/C15H19BrN2S/c1-4-17-14(9-13-5-6-15(16)19-13)12-7-10(2)18-11(3)8-12/h5-8,14,17H,4,9H2,1-3H3. The minimum absolute atomic E-state index is 0.357. The van der Waals surface area contributed by atoms with Gasteiger partial charge in [0, 0.05) is 28.7 Å². The van der Waals surface area contributed by atoms with Crippen LogP contribution in [0.1, 0.15) is 34.8 Å². The maximum absolute atomic E-state index is 4.46. The van der Waals surface area contributed by atoms with Crippen LogP contribution in [0.4, 0.5) is 0 Å². The Morgan fingerprint density at radius 2 is 1.95 bits per heavy atom. The number of halogens is 1. The van der Waals surface area contributed by atoms with Gasteiger partial charge < -0.3 is 5.32 Å². The molecule has 2 aromatic rings. The Hall–Kier alpha value is -0.710. The Morgan fingerprint density at radius 1 is 1.26 bits per heavy atom. The molecule has 1 atom stereocenters. The molecule has 2 heterocycles. The first-order chi connectivity index (χ1) is 9.08. The lowest BCUT2D eigenvalue weighted by Crippen LogP contribution is -2.23. The molecule has 2 rings (SSSR count). The molecule has 102 valence electrons. The summed E-state index contributed by atoms with van der Waals surface area (Å²) in [5.74, 6) is 0. The van der Waals surface area contributed by atoms with E-state index in [1.807, 2.05) is 0 Å². The largest absolute Gasteiger partial charge is 0.310 e. The fraction of sp³-hybridized carbons (Fsp3) is 0.400. The Labute approximate surface area is 127 Å². The van der Waals surface area contributed by atoms with Gasteiger partial charge in [-0.05, 0) is 66.2 Å². The summed E-state index contributed by atoms with van der Waals surface area (Å²) < 4.78 is 1.19. The predicted molar refractivity (Wildman–Crippen MR) is 85.9 cm³/mol. The maximum atomic E-state index is 4.46. The fourth-order valence-electron chi connectivity index (χ4n) is 2.28. The summed E-state index contributed by atoms with van der Waals surface area (Å²) in [6.07, 6.45) is 1.02. The molecule has 2 nitrogen and oxygen atoms in total. The van der Waals surface area contributed by atoms with Crippen molar-refractivity contribution in [1.29, 1.82) is 0 Å². The predicted octanol–water partition coefficient (Wildman–Crippen LogP) is 4.42. The summed E-state index contributed by atoms with van der Waals surface area (Å²) in [6.45, 7) is 7.23. The van der Waals surface area contributed by atoms with Crippen LogP contribution in [0.25, 0.3) is 0 Å². The Morgan fingerprint density at radius 3 is 2.47 bits per heavy atom. The molecule has 1 unspecified atom stereocenters. The smallest absolute Gasteiger partial charge is 0.0701 e. The second-order valence-electron chi connectivity index (χ2n) is 4.70. The lowest BCUT2D eigenvalue weighted by molar-refractivity contribution is 0.552. The number of aryl methyl sites for hydroxylation is 2. The van der Waals surface area contributed by atoms with Crippen LogP contribution in [0.15, 0.2) is 28.1 Å². The maximum Gasteiger partial charge on any atom is 0.0701 e. The van der Waals surface area contributed by atoms with Gasteiger partial charge in [0.2, 0.25) is 0 Å². The first-order valence-electron chi connectivity index (χ1n) is 6.51. The summed E-state index contributed by atoms with van der Waals surface area (Å²) in [6, 6.07) is 9.04. The molecule has 0 amide bonds. The minimum atomic E-state index is 0.357. The van der Waals surface area contributed by atoms with E-state index < -0.39 is 0 Å². The van der Waals surface area contributed by atoms with Gasteiger partial charge >= 0.3 is 0 Å². The van der Waals surface area contributed by atoms with Crippen molar-refractivity contribution in [3.05, 3.63) is 49.9 Å². The zero-order valence-corrected chi connectivity index (χ0v) is 13.9. The monoisotopic (exact) mass is 338 g/mol. The highest BCUT2D eigenvalue weighted by atomic mass is 79.9. The molecule has 0 saturated carbocycles. The third kappa shape index (κ3) is 4.13. The van der Waals surface area contributed by atoms with Crippen molar-refractivity contribution in [3.8, 4) is 0 Å². The van der Waals surface area contributed by atoms with E-state index in [0.717, 1.165) is 24.4 Å². The molecule has 0 aliphatic rings. The average molecular weight is 339 g/mol. The second kappa shape index (κ2) is 6.64. The molecule has 4 heteroatoms. The molecule has 0 saturated heterocycles. The SMILES string of the molecule is CCNC(Cc1ccc(Br)s1)c1cc(C)nc(C)c1. The highest BCUT2D eigenvalue weighted by Gasteiger charge is 2.13. The van der Waals surface area contributed by atoms with Crippen molar-refractivity contribution in [1.82, 2.24) is 10.3 Å². The van der Waals surface area contributed by atoms with Crippen LogP contribution in [0.3, 0.4) is 0 Å². The van der Waals surface area contributed by atoms with Gasteiger partial charge in [-0.25, -0.2) is 0 Å². The average Bonchev–Trinajstić information content (AvgIpc) is 2.73. The van der Waals surface area contributed by atoms with Gasteiger partial charge in [-0.1, -0.05) is 6.92 Å². The van der Waals surface area contributed by atoms with E-state index in [1.165, 1.54) is 14.2 Å². The van der Waals surface area contributed by atoms with Crippen molar-refractivity contribution in [2.24, 2.45) is 0 Å². The zero-order chi connectivity index (χ0) is 13.8. The van der Waals surface area contributed by atoms with Crippen LogP contribution in [0, 0.1) is 13.8 Å². The topological polar surface area (TPSA) is 24.9 Å². The summed E-state index contributed by atoms with van der Waals surface area (Å²) in [7, 11) is 0. The van der Waals surface area contributed by atoms with Gasteiger partial charge in [-0.15, -0.1) is 11.3 Å². The highest BCUT2D eigenvalue weighted by Crippen LogP contribution is 2.27. The van der Waals surface area contributed by atoms with E-state index in [4.69, 9.17) is 0 Å². The fourth-order valence-corrected chi connectivity index (χ4v) is 3.81. The van der Waals surface area contributed by atoms with E-state index in [2.05, 4.69) is 71.3 Å². The number of pyridine rings is 1. The lowest BCUT2D eigenvalue weighted by atomic mass is 10.0. The third-order valence-electron chi connectivity index (χ3n) is 2.99. The third-order valence-corrected chi connectivity index (χ3v) is 4.64. The Balaban J connectivity index is 2.23. The molecule has 2 aromatic heterocycles. The molecule has 0 aliphatic carbocycles.